The molecular formula is C13H16BrNO. The fourth-order valence-corrected chi connectivity index (χ4v) is 2.29. The van der Waals surface area contributed by atoms with E-state index in [0.717, 1.165) is 29.5 Å². The van der Waals surface area contributed by atoms with Gasteiger partial charge in [-0.2, -0.15) is 0 Å². The van der Waals surface area contributed by atoms with Crippen molar-refractivity contribution < 1.29 is 4.74 Å². The first-order valence-corrected chi connectivity index (χ1v) is 6.68. The standard InChI is InChI=1S/C13H16BrNO/c14-10-1-4-12(16-11-2-3-11)9(7-10)8-13(15)5-6-13/h1,4,7,11H,2-3,5-6,8,15H2. The van der Waals surface area contributed by atoms with Gasteiger partial charge in [0.05, 0.1) is 6.10 Å². The van der Waals surface area contributed by atoms with Crippen molar-refractivity contribution in [3.05, 3.63) is 28.2 Å². The molecule has 0 saturated heterocycles. The maximum absolute atomic E-state index is 6.17. The van der Waals surface area contributed by atoms with E-state index in [1.807, 2.05) is 6.07 Å². The van der Waals surface area contributed by atoms with Gasteiger partial charge in [-0.05, 0) is 55.9 Å². The van der Waals surface area contributed by atoms with Gasteiger partial charge in [0.1, 0.15) is 5.75 Å². The summed E-state index contributed by atoms with van der Waals surface area (Å²) in [6.07, 6.45) is 6.07. The number of halogens is 1. The van der Waals surface area contributed by atoms with Crippen molar-refractivity contribution in [3.63, 3.8) is 0 Å². The van der Waals surface area contributed by atoms with Gasteiger partial charge in [-0.25, -0.2) is 0 Å². The molecule has 16 heavy (non-hydrogen) atoms. The number of hydrogen-bond donors (Lipinski definition) is 1. The maximum atomic E-state index is 6.17. The summed E-state index contributed by atoms with van der Waals surface area (Å²) in [5.41, 5.74) is 7.47. The number of ether oxygens (including phenoxy) is 1. The largest absolute Gasteiger partial charge is 0.490 e. The predicted molar refractivity (Wildman–Crippen MR) is 67.6 cm³/mol. The molecule has 1 aromatic carbocycles. The molecule has 1 aromatic rings. The number of nitrogens with two attached hydrogens (primary N) is 1. The highest BCUT2D eigenvalue weighted by molar-refractivity contribution is 9.10. The molecule has 0 heterocycles. The predicted octanol–water partition coefficient (Wildman–Crippen LogP) is 3.02. The monoisotopic (exact) mass is 281 g/mol. The average molecular weight is 282 g/mol. The molecule has 0 amide bonds. The minimum absolute atomic E-state index is 0.0441. The normalized spacial score (nSPS) is 21.9. The maximum Gasteiger partial charge on any atom is 0.123 e. The fraction of sp³-hybridized carbons (Fsp3) is 0.538. The molecule has 2 aliphatic carbocycles. The number of hydrogen-bond acceptors (Lipinski definition) is 2. The second-order valence-corrected chi connectivity index (χ2v) is 6.02. The van der Waals surface area contributed by atoms with Crippen LogP contribution >= 0.6 is 15.9 Å². The van der Waals surface area contributed by atoms with Crippen molar-refractivity contribution in [1.29, 1.82) is 0 Å². The van der Waals surface area contributed by atoms with E-state index in [9.17, 15) is 0 Å². The first-order valence-electron chi connectivity index (χ1n) is 5.89. The van der Waals surface area contributed by atoms with Crippen molar-refractivity contribution >= 4 is 15.9 Å². The highest BCUT2D eigenvalue weighted by atomic mass is 79.9. The van der Waals surface area contributed by atoms with Crippen molar-refractivity contribution in [2.45, 2.75) is 43.7 Å². The lowest BCUT2D eigenvalue weighted by atomic mass is 10.0. The molecule has 2 nitrogen and oxygen atoms in total. The van der Waals surface area contributed by atoms with Crippen LogP contribution < -0.4 is 10.5 Å². The minimum atomic E-state index is 0.0441. The van der Waals surface area contributed by atoms with Crippen LogP contribution in [0.1, 0.15) is 31.2 Å². The molecular weight excluding hydrogens is 266 g/mol. The van der Waals surface area contributed by atoms with Crippen LogP contribution in [0.3, 0.4) is 0 Å². The van der Waals surface area contributed by atoms with Crippen molar-refractivity contribution in [2.24, 2.45) is 5.73 Å². The van der Waals surface area contributed by atoms with Gasteiger partial charge >= 0.3 is 0 Å². The van der Waals surface area contributed by atoms with Crippen molar-refractivity contribution in [3.8, 4) is 5.75 Å². The average Bonchev–Trinajstić information content (AvgIpc) is 3.11. The lowest BCUT2D eigenvalue weighted by Gasteiger charge is -2.14. The lowest BCUT2D eigenvalue weighted by Crippen LogP contribution is -2.24. The topological polar surface area (TPSA) is 35.2 Å². The summed E-state index contributed by atoms with van der Waals surface area (Å²) in [7, 11) is 0. The summed E-state index contributed by atoms with van der Waals surface area (Å²) in [5.74, 6) is 1.03. The molecule has 2 aliphatic rings. The van der Waals surface area contributed by atoms with Crippen LogP contribution in [-0.4, -0.2) is 11.6 Å². The van der Waals surface area contributed by atoms with Crippen LogP contribution in [0.4, 0.5) is 0 Å². The van der Waals surface area contributed by atoms with Gasteiger partial charge in [-0.1, -0.05) is 15.9 Å². The Morgan fingerprint density at radius 3 is 2.75 bits per heavy atom. The minimum Gasteiger partial charge on any atom is -0.490 e. The van der Waals surface area contributed by atoms with Crippen LogP contribution in [0.2, 0.25) is 0 Å². The Hall–Kier alpha value is -0.540. The van der Waals surface area contributed by atoms with Crippen LogP contribution in [0.15, 0.2) is 22.7 Å². The molecule has 2 fully saturated rings. The third-order valence-corrected chi connectivity index (χ3v) is 3.77. The van der Waals surface area contributed by atoms with Gasteiger partial charge < -0.3 is 10.5 Å². The highest BCUT2D eigenvalue weighted by Gasteiger charge is 2.39. The van der Waals surface area contributed by atoms with E-state index in [1.54, 1.807) is 0 Å². The van der Waals surface area contributed by atoms with Crippen LogP contribution in [-0.2, 0) is 6.42 Å². The Labute approximate surface area is 104 Å². The molecule has 0 bridgehead atoms. The molecule has 0 aliphatic heterocycles. The Morgan fingerprint density at radius 1 is 1.38 bits per heavy atom. The van der Waals surface area contributed by atoms with Crippen LogP contribution in [0.5, 0.6) is 5.75 Å². The molecule has 2 N–H and O–H groups in total. The van der Waals surface area contributed by atoms with Crippen LogP contribution in [0.25, 0.3) is 0 Å². The summed E-state index contributed by atoms with van der Waals surface area (Å²) in [4.78, 5) is 0. The van der Waals surface area contributed by atoms with Gasteiger partial charge in [-0.15, -0.1) is 0 Å². The van der Waals surface area contributed by atoms with E-state index in [2.05, 4.69) is 28.1 Å². The summed E-state index contributed by atoms with van der Waals surface area (Å²) < 4.78 is 7.02. The molecule has 0 radical (unpaired) electrons. The van der Waals surface area contributed by atoms with Gasteiger partial charge in [-0.3, -0.25) is 0 Å². The number of benzene rings is 1. The van der Waals surface area contributed by atoms with E-state index in [4.69, 9.17) is 10.5 Å². The summed E-state index contributed by atoms with van der Waals surface area (Å²) in [6.45, 7) is 0. The lowest BCUT2D eigenvalue weighted by molar-refractivity contribution is 0.299. The van der Waals surface area contributed by atoms with Gasteiger partial charge in [0.15, 0.2) is 0 Å². The smallest absolute Gasteiger partial charge is 0.123 e. The molecule has 0 unspecified atom stereocenters. The van der Waals surface area contributed by atoms with Gasteiger partial charge in [0.25, 0.3) is 0 Å². The third kappa shape index (κ3) is 2.41. The number of rotatable bonds is 4. The first-order chi connectivity index (χ1) is 7.65. The molecule has 0 atom stereocenters. The second-order valence-electron chi connectivity index (χ2n) is 5.11. The zero-order valence-electron chi connectivity index (χ0n) is 9.21. The first kappa shape index (κ1) is 10.6. The second kappa shape index (κ2) is 3.74. The highest BCUT2D eigenvalue weighted by Crippen LogP contribution is 2.39. The molecule has 0 aromatic heterocycles. The fourth-order valence-electron chi connectivity index (χ4n) is 1.88. The summed E-state index contributed by atoms with van der Waals surface area (Å²) in [5, 5.41) is 0. The Kier molecular flexibility index (Phi) is 2.48. The SMILES string of the molecule is NC1(Cc2cc(Br)ccc2OC2CC2)CC1. The van der Waals surface area contributed by atoms with Gasteiger partial charge in [0, 0.05) is 10.0 Å². The molecule has 3 heteroatoms. The van der Waals surface area contributed by atoms with Gasteiger partial charge in [0.2, 0.25) is 0 Å². The third-order valence-electron chi connectivity index (χ3n) is 3.28. The zero-order chi connectivity index (χ0) is 11.2. The molecule has 0 spiro atoms. The Balaban J connectivity index is 1.83. The Morgan fingerprint density at radius 2 is 2.12 bits per heavy atom. The van der Waals surface area contributed by atoms with E-state index < -0.39 is 0 Å². The molecule has 2 saturated carbocycles. The van der Waals surface area contributed by atoms with Crippen molar-refractivity contribution in [1.82, 2.24) is 0 Å². The van der Waals surface area contributed by atoms with Crippen molar-refractivity contribution in [2.75, 3.05) is 0 Å². The molecule has 3 rings (SSSR count). The van der Waals surface area contributed by atoms with E-state index in [-0.39, 0.29) is 5.54 Å². The Bertz CT molecular complexity index is 410. The molecule has 86 valence electrons. The quantitative estimate of drug-likeness (QED) is 0.921. The zero-order valence-corrected chi connectivity index (χ0v) is 10.8. The van der Waals surface area contributed by atoms with E-state index >= 15 is 0 Å². The van der Waals surface area contributed by atoms with E-state index in [1.165, 1.54) is 18.4 Å². The summed E-state index contributed by atoms with van der Waals surface area (Å²) in [6, 6.07) is 6.24. The van der Waals surface area contributed by atoms with Crippen LogP contribution in [0, 0.1) is 0 Å². The van der Waals surface area contributed by atoms with E-state index in [0.29, 0.717) is 6.10 Å². The summed E-state index contributed by atoms with van der Waals surface area (Å²) >= 11 is 3.51.